The summed E-state index contributed by atoms with van der Waals surface area (Å²) < 4.78 is 0. The van der Waals surface area contributed by atoms with Crippen molar-refractivity contribution in [2.45, 2.75) is 43.5 Å². The molecule has 0 spiro atoms. The van der Waals surface area contributed by atoms with Crippen molar-refractivity contribution in [3.8, 4) is 0 Å². The van der Waals surface area contributed by atoms with Gasteiger partial charge in [-0.3, -0.25) is 4.90 Å². The van der Waals surface area contributed by atoms with E-state index in [0.717, 1.165) is 31.4 Å². The van der Waals surface area contributed by atoms with Gasteiger partial charge in [-0.1, -0.05) is 0 Å². The number of piperazine rings is 1. The van der Waals surface area contributed by atoms with Gasteiger partial charge >= 0.3 is 0 Å². The number of hydrogen-bond acceptors (Lipinski definition) is 5. The maximum absolute atomic E-state index is 4.77. The molecule has 0 atom stereocenters. The van der Waals surface area contributed by atoms with Crippen LogP contribution in [0.4, 0.5) is 5.82 Å². The van der Waals surface area contributed by atoms with Gasteiger partial charge in [-0.25, -0.2) is 9.97 Å². The Morgan fingerprint density at radius 2 is 1.90 bits per heavy atom. The molecule has 3 aliphatic rings. The van der Waals surface area contributed by atoms with E-state index in [2.05, 4.69) is 14.8 Å². The molecule has 1 saturated carbocycles. The molecule has 0 unspecified atom stereocenters. The molecule has 1 aromatic heterocycles. The SMILES string of the molecule is Cc1nc2c(c(N3CCN(C4CC4)CC3)n1)SCCC2. The molecule has 0 bridgehead atoms. The second-order valence-electron chi connectivity index (χ2n) is 6.08. The van der Waals surface area contributed by atoms with Crippen LogP contribution in [0.3, 0.4) is 0 Å². The Morgan fingerprint density at radius 1 is 1.10 bits per heavy atom. The molecule has 2 aliphatic heterocycles. The van der Waals surface area contributed by atoms with Crippen molar-refractivity contribution in [1.82, 2.24) is 14.9 Å². The summed E-state index contributed by atoms with van der Waals surface area (Å²) in [6.07, 6.45) is 5.21. The van der Waals surface area contributed by atoms with Gasteiger partial charge in [0.25, 0.3) is 0 Å². The van der Waals surface area contributed by atoms with Crippen molar-refractivity contribution >= 4 is 17.6 Å². The van der Waals surface area contributed by atoms with Crippen LogP contribution in [0, 0.1) is 6.92 Å². The van der Waals surface area contributed by atoms with Crippen molar-refractivity contribution in [2.75, 3.05) is 36.8 Å². The Kier molecular flexibility index (Phi) is 3.34. The molecule has 0 amide bonds. The van der Waals surface area contributed by atoms with Crippen molar-refractivity contribution < 1.29 is 0 Å². The summed E-state index contributed by atoms with van der Waals surface area (Å²) in [6, 6.07) is 0.896. The minimum Gasteiger partial charge on any atom is -0.353 e. The van der Waals surface area contributed by atoms with E-state index in [0.29, 0.717) is 0 Å². The standard InChI is InChI=1S/C15H22N4S/c1-11-16-13-3-2-10-20-14(13)15(17-11)19-8-6-18(7-9-19)12-4-5-12/h12H,2-10H2,1H3. The molecular formula is C15H22N4S. The zero-order chi connectivity index (χ0) is 13.5. The lowest BCUT2D eigenvalue weighted by Gasteiger charge is -2.36. The molecule has 5 heteroatoms. The van der Waals surface area contributed by atoms with Gasteiger partial charge in [0.1, 0.15) is 11.6 Å². The Hall–Kier alpha value is -0.810. The van der Waals surface area contributed by atoms with E-state index in [1.165, 1.54) is 54.5 Å². The maximum Gasteiger partial charge on any atom is 0.146 e. The third-order valence-electron chi connectivity index (χ3n) is 4.51. The second kappa shape index (κ2) is 5.19. The van der Waals surface area contributed by atoms with Crippen molar-refractivity contribution in [3.05, 3.63) is 11.5 Å². The van der Waals surface area contributed by atoms with Crippen molar-refractivity contribution in [3.63, 3.8) is 0 Å². The predicted molar refractivity (Wildman–Crippen MR) is 82.6 cm³/mol. The summed E-state index contributed by atoms with van der Waals surface area (Å²) >= 11 is 1.96. The average Bonchev–Trinajstić information content (AvgIpc) is 3.31. The van der Waals surface area contributed by atoms with Crippen LogP contribution < -0.4 is 4.90 Å². The number of nitrogens with zero attached hydrogens (tertiary/aromatic N) is 4. The lowest BCUT2D eigenvalue weighted by atomic mass is 10.2. The largest absolute Gasteiger partial charge is 0.353 e. The van der Waals surface area contributed by atoms with E-state index in [1.807, 2.05) is 18.7 Å². The second-order valence-corrected chi connectivity index (χ2v) is 7.18. The van der Waals surface area contributed by atoms with Crippen LogP contribution in [0.2, 0.25) is 0 Å². The molecule has 108 valence electrons. The molecular weight excluding hydrogens is 268 g/mol. The van der Waals surface area contributed by atoms with E-state index in [4.69, 9.17) is 4.98 Å². The van der Waals surface area contributed by atoms with E-state index < -0.39 is 0 Å². The summed E-state index contributed by atoms with van der Waals surface area (Å²) in [5, 5.41) is 0. The van der Waals surface area contributed by atoms with Gasteiger partial charge in [0.15, 0.2) is 0 Å². The third-order valence-corrected chi connectivity index (χ3v) is 5.71. The van der Waals surface area contributed by atoms with Crippen LogP contribution in [0.1, 0.15) is 30.8 Å². The van der Waals surface area contributed by atoms with Crippen LogP contribution in [0.15, 0.2) is 4.90 Å². The number of fused-ring (bicyclic) bond motifs is 1. The van der Waals surface area contributed by atoms with Crippen LogP contribution in [0.25, 0.3) is 0 Å². The van der Waals surface area contributed by atoms with Gasteiger partial charge < -0.3 is 4.90 Å². The zero-order valence-electron chi connectivity index (χ0n) is 12.1. The van der Waals surface area contributed by atoms with Gasteiger partial charge in [-0.2, -0.15) is 0 Å². The Balaban J connectivity index is 1.57. The van der Waals surface area contributed by atoms with Gasteiger partial charge in [0.05, 0.1) is 10.6 Å². The van der Waals surface area contributed by atoms with E-state index in [9.17, 15) is 0 Å². The van der Waals surface area contributed by atoms with E-state index in [-0.39, 0.29) is 0 Å². The van der Waals surface area contributed by atoms with E-state index >= 15 is 0 Å². The first-order valence-corrected chi connectivity index (χ1v) is 8.79. The number of aryl methyl sites for hydroxylation is 2. The minimum atomic E-state index is 0.896. The van der Waals surface area contributed by atoms with Gasteiger partial charge in [0, 0.05) is 32.2 Å². The van der Waals surface area contributed by atoms with Crippen LogP contribution in [-0.4, -0.2) is 52.8 Å². The lowest BCUT2D eigenvalue weighted by Crippen LogP contribution is -2.47. The average molecular weight is 290 g/mol. The first kappa shape index (κ1) is 12.9. The van der Waals surface area contributed by atoms with Crippen LogP contribution in [-0.2, 0) is 6.42 Å². The molecule has 0 aromatic carbocycles. The van der Waals surface area contributed by atoms with Gasteiger partial charge in [-0.15, -0.1) is 11.8 Å². The molecule has 0 radical (unpaired) electrons. The third kappa shape index (κ3) is 2.42. The number of thioether (sulfide) groups is 1. The summed E-state index contributed by atoms with van der Waals surface area (Å²) in [6.45, 7) is 6.68. The molecule has 1 aromatic rings. The molecule has 4 nitrogen and oxygen atoms in total. The summed E-state index contributed by atoms with van der Waals surface area (Å²) in [5.41, 5.74) is 1.29. The fourth-order valence-electron chi connectivity index (χ4n) is 3.29. The predicted octanol–water partition coefficient (Wildman–Crippen LogP) is 2.11. The Labute approximate surface area is 125 Å². The molecule has 20 heavy (non-hydrogen) atoms. The smallest absolute Gasteiger partial charge is 0.146 e. The highest BCUT2D eigenvalue weighted by atomic mass is 32.2. The fraction of sp³-hybridized carbons (Fsp3) is 0.733. The van der Waals surface area contributed by atoms with Crippen LogP contribution >= 0.6 is 11.8 Å². The first-order valence-electron chi connectivity index (χ1n) is 7.80. The highest BCUT2D eigenvalue weighted by Gasteiger charge is 2.32. The van der Waals surface area contributed by atoms with E-state index in [1.54, 1.807) is 0 Å². The highest BCUT2D eigenvalue weighted by Crippen LogP contribution is 2.37. The molecule has 2 fully saturated rings. The Morgan fingerprint density at radius 3 is 2.65 bits per heavy atom. The number of rotatable bonds is 2. The Bertz CT molecular complexity index is 507. The van der Waals surface area contributed by atoms with Crippen molar-refractivity contribution in [1.29, 1.82) is 0 Å². The lowest BCUT2D eigenvalue weighted by molar-refractivity contribution is 0.247. The fourth-order valence-corrected chi connectivity index (χ4v) is 4.40. The normalized spacial score (nSPS) is 23.8. The summed E-state index contributed by atoms with van der Waals surface area (Å²) in [4.78, 5) is 15.9. The molecule has 1 saturated heterocycles. The molecule has 4 rings (SSSR count). The number of aromatic nitrogens is 2. The monoisotopic (exact) mass is 290 g/mol. The molecule has 3 heterocycles. The topological polar surface area (TPSA) is 32.3 Å². The number of anilines is 1. The van der Waals surface area contributed by atoms with Crippen LogP contribution in [0.5, 0.6) is 0 Å². The minimum absolute atomic E-state index is 0.896. The quantitative estimate of drug-likeness (QED) is 0.833. The van der Waals surface area contributed by atoms with Gasteiger partial charge in [0.2, 0.25) is 0 Å². The van der Waals surface area contributed by atoms with Crippen molar-refractivity contribution in [2.24, 2.45) is 0 Å². The summed E-state index contributed by atoms with van der Waals surface area (Å²) in [5.74, 6) is 3.37. The highest BCUT2D eigenvalue weighted by molar-refractivity contribution is 7.99. The maximum atomic E-state index is 4.77. The molecule has 0 N–H and O–H groups in total. The zero-order valence-corrected chi connectivity index (χ0v) is 13.0. The first-order chi connectivity index (χ1) is 9.81. The summed E-state index contributed by atoms with van der Waals surface area (Å²) in [7, 11) is 0. The molecule has 1 aliphatic carbocycles. The number of hydrogen-bond donors (Lipinski definition) is 0. The van der Waals surface area contributed by atoms with Gasteiger partial charge in [-0.05, 0) is 38.4 Å².